The van der Waals surface area contributed by atoms with Gasteiger partial charge in [0.2, 0.25) is 0 Å². The fraction of sp³-hybridized carbons (Fsp3) is 0.500. The van der Waals surface area contributed by atoms with Gasteiger partial charge >= 0.3 is 23.9 Å². The Morgan fingerprint density at radius 2 is 2.00 bits per heavy atom. The second-order valence-electron chi connectivity index (χ2n) is 2.71. The topological polar surface area (TPSA) is 87.7 Å². The summed E-state index contributed by atoms with van der Waals surface area (Å²) in [6.07, 6.45) is -0.693. The van der Waals surface area contributed by atoms with Crippen LogP contribution in [-0.4, -0.2) is 42.7 Å². The third-order valence-electron chi connectivity index (χ3n) is 1.54. The van der Waals surface area contributed by atoms with Crippen molar-refractivity contribution in [1.29, 1.82) is 0 Å². The summed E-state index contributed by atoms with van der Waals surface area (Å²) in [6.45, 7) is -0.374. The minimum absolute atomic E-state index is 0.374. The van der Waals surface area contributed by atoms with Crippen LogP contribution in [0.3, 0.4) is 0 Å². The third kappa shape index (κ3) is 3.53. The number of esters is 1. The van der Waals surface area contributed by atoms with Gasteiger partial charge < -0.3 is 15.2 Å². The molecule has 2 amide bonds. The van der Waals surface area contributed by atoms with Crippen molar-refractivity contribution in [3.05, 3.63) is 0 Å². The second kappa shape index (κ2) is 5.40. The van der Waals surface area contributed by atoms with Crippen LogP contribution in [0.2, 0.25) is 0 Å². The van der Waals surface area contributed by atoms with Crippen molar-refractivity contribution in [2.24, 2.45) is 0 Å². The van der Waals surface area contributed by atoms with Crippen molar-refractivity contribution in [2.75, 3.05) is 13.7 Å². The Hall–Kier alpha value is -1.95. The van der Waals surface area contributed by atoms with E-state index in [-0.39, 0.29) is 6.54 Å². The molecule has 0 aliphatic rings. The van der Waals surface area contributed by atoms with Crippen LogP contribution in [0.4, 0.5) is 18.0 Å². The second-order valence-corrected chi connectivity index (χ2v) is 2.71. The average molecular weight is 254 g/mol. The number of urea groups is 1. The van der Waals surface area contributed by atoms with E-state index < -0.39 is 23.9 Å². The van der Waals surface area contributed by atoms with Gasteiger partial charge in [0.05, 0.1) is 13.7 Å². The lowest BCUT2D eigenvalue weighted by Crippen LogP contribution is -2.66. The number of terminal acetylenes is 1. The molecule has 0 aliphatic heterocycles. The Morgan fingerprint density at radius 1 is 1.47 bits per heavy atom. The van der Waals surface area contributed by atoms with Gasteiger partial charge in [0, 0.05) is 0 Å². The maximum absolute atomic E-state index is 12.4. The standard InChI is InChI=1S/C8H9F3N2O4/c1-3-4-12-6(15)13-7(16,5(14)17-2)8(9,10)11/h1,16H,4H2,2H3,(H2,12,13,15). The molecule has 0 spiro atoms. The molecule has 0 aromatic heterocycles. The zero-order valence-electron chi connectivity index (χ0n) is 8.59. The summed E-state index contributed by atoms with van der Waals surface area (Å²) in [5, 5.41) is 11.9. The molecule has 1 atom stereocenters. The average Bonchev–Trinajstić information content (AvgIpc) is 2.23. The number of ether oxygens (including phenoxy) is 1. The Kier molecular flexibility index (Phi) is 4.78. The highest BCUT2D eigenvalue weighted by atomic mass is 19.4. The van der Waals surface area contributed by atoms with Crippen LogP contribution in [0.25, 0.3) is 0 Å². The molecular formula is C8H9F3N2O4. The van der Waals surface area contributed by atoms with Gasteiger partial charge in [-0.25, -0.2) is 9.59 Å². The number of methoxy groups -OCH3 is 1. The fourth-order valence-electron chi connectivity index (χ4n) is 0.725. The molecule has 0 radical (unpaired) electrons. The van der Waals surface area contributed by atoms with E-state index in [1.54, 1.807) is 5.32 Å². The predicted octanol–water partition coefficient (Wildman–Crippen LogP) is -0.657. The van der Waals surface area contributed by atoms with Crippen molar-refractivity contribution in [2.45, 2.75) is 11.9 Å². The lowest BCUT2D eigenvalue weighted by molar-refractivity contribution is -0.267. The third-order valence-corrected chi connectivity index (χ3v) is 1.54. The molecule has 17 heavy (non-hydrogen) atoms. The molecule has 0 saturated heterocycles. The van der Waals surface area contributed by atoms with Crippen molar-refractivity contribution in [3.63, 3.8) is 0 Å². The largest absolute Gasteiger partial charge is 0.465 e. The zero-order valence-corrected chi connectivity index (χ0v) is 8.59. The number of aliphatic hydroxyl groups is 1. The summed E-state index contributed by atoms with van der Waals surface area (Å²) in [6, 6.07) is -1.46. The van der Waals surface area contributed by atoms with E-state index in [0.29, 0.717) is 7.11 Å². The van der Waals surface area contributed by atoms with Gasteiger partial charge in [-0.05, 0) is 0 Å². The maximum Gasteiger partial charge on any atom is 0.448 e. The molecule has 0 aliphatic carbocycles. The van der Waals surface area contributed by atoms with Crippen molar-refractivity contribution >= 4 is 12.0 Å². The van der Waals surface area contributed by atoms with Crippen molar-refractivity contribution < 1.29 is 32.6 Å². The molecule has 9 heteroatoms. The number of rotatable bonds is 3. The van der Waals surface area contributed by atoms with Crippen molar-refractivity contribution in [1.82, 2.24) is 10.6 Å². The van der Waals surface area contributed by atoms with Crippen molar-refractivity contribution in [3.8, 4) is 12.3 Å². The number of hydrogen-bond donors (Lipinski definition) is 3. The minimum Gasteiger partial charge on any atom is -0.465 e. The first-order valence-electron chi connectivity index (χ1n) is 4.06. The van der Waals surface area contributed by atoms with Crippen LogP contribution >= 0.6 is 0 Å². The molecule has 96 valence electrons. The molecule has 1 unspecified atom stereocenters. The van der Waals surface area contributed by atoms with E-state index >= 15 is 0 Å². The molecule has 0 aromatic carbocycles. The van der Waals surface area contributed by atoms with Crippen LogP contribution in [0.1, 0.15) is 0 Å². The van der Waals surface area contributed by atoms with Gasteiger partial charge in [0.25, 0.3) is 0 Å². The van der Waals surface area contributed by atoms with Crippen LogP contribution in [-0.2, 0) is 9.53 Å². The summed E-state index contributed by atoms with van der Waals surface area (Å²) in [4.78, 5) is 21.7. The van der Waals surface area contributed by atoms with Crippen LogP contribution in [0.5, 0.6) is 0 Å². The molecule has 0 heterocycles. The molecule has 0 saturated carbocycles. The van der Waals surface area contributed by atoms with Gasteiger partial charge in [0.1, 0.15) is 0 Å². The lowest BCUT2D eigenvalue weighted by Gasteiger charge is -2.27. The van der Waals surface area contributed by atoms with Gasteiger partial charge in [0.15, 0.2) is 0 Å². The summed E-state index contributed by atoms with van der Waals surface area (Å²) in [5.74, 6) is -0.153. The predicted molar refractivity (Wildman–Crippen MR) is 48.4 cm³/mol. The van der Waals surface area contributed by atoms with E-state index in [2.05, 4.69) is 4.74 Å². The first kappa shape index (κ1) is 15.0. The summed E-state index contributed by atoms with van der Waals surface area (Å²) >= 11 is 0. The Morgan fingerprint density at radius 3 is 2.35 bits per heavy atom. The summed E-state index contributed by atoms with van der Waals surface area (Å²) in [7, 11) is 0.625. The van der Waals surface area contributed by atoms with E-state index in [4.69, 9.17) is 11.5 Å². The first-order valence-corrected chi connectivity index (χ1v) is 4.06. The highest BCUT2D eigenvalue weighted by molar-refractivity contribution is 5.86. The maximum atomic E-state index is 12.4. The Balaban J connectivity index is 4.92. The van der Waals surface area contributed by atoms with Gasteiger partial charge in [-0.3, -0.25) is 5.32 Å². The number of alkyl halides is 3. The van der Waals surface area contributed by atoms with Gasteiger partial charge in [-0.1, -0.05) is 5.92 Å². The molecule has 0 aromatic rings. The van der Waals surface area contributed by atoms with Crippen LogP contribution in [0, 0.1) is 12.3 Å². The van der Waals surface area contributed by atoms with Gasteiger partial charge in [-0.2, -0.15) is 13.2 Å². The normalized spacial score (nSPS) is 14.1. The molecule has 6 nitrogen and oxygen atoms in total. The fourth-order valence-corrected chi connectivity index (χ4v) is 0.725. The molecule has 0 fully saturated rings. The smallest absolute Gasteiger partial charge is 0.448 e. The quantitative estimate of drug-likeness (QED) is 0.354. The number of carbonyl (C=O) groups is 2. The van der Waals surface area contributed by atoms with E-state index in [1.807, 2.05) is 5.92 Å². The zero-order chi connectivity index (χ0) is 13.7. The van der Waals surface area contributed by atoms with E-state index in [9.17, 15) is 22.8 Å². The number of carbonyl (C=O) groups excluding carboxylic acids is 2. The van der Waals surface area contributed by atoms with E-state index in [0.717, 1.165) is 5.32 Å². The van der Waals surface area contributed by atoms with Crippen LogP contribution in [0.15, 0.2) is 0 Å². The molecule has 3 N–H and O–H groups in total. The Bertz CT molecular complexity index is 350. The SMILES string of the molecule is C#CCNC(=O)NC(O)(C(=O)OC)C(F)(F)F. The number of nitrogens with one attached hydrogen (secondary N) is 2. The first-order chi connectivity index (χ1) is 7.69. The monoisotopic (exact) mass is 254 g/mol. The minimum atomic E-state index is -5.44. The Labute approximate surface area is 94.1 Å². The molecule has 0 bridgehead atoms. The highest BCUT2D eigenvalue weighted by Gasteiger charge is 2.62. The number of hydrogen-bond acceptors (Lipinski definition) is 4. The van der Waals surface area contributed by atoms with E-state index in [1.165, 1.54) is 0 Å². The number of halogens is 3. The molecular weight excluding hydrogens is 245 g/mol. The highest BCUT2D eigenvalue weighted by Crippen LogP contribution is 2.29. The molecule has 0 rings (SSSR count). The lowest BCUT2D eigenvalue weighted by atomic mass is 10.2. The van der Waals surface area contributed by atoms with Gasteiger partial charge in [-0.15, -0.1) is 6.42 Å². The summed E-state index contributed by atoms with van der Waals surface area (Å²) < 4.78 is 40.9. The van der Waals surface area contributed by atoms with Crippen LogP contribution < -0.4 is 10.6 Å². The number of amides is 2. The summed E-state index contributed by atoms with van der Waals surface area (Å²) in [5.41, 5.74) is -4.12.